The average Bonchev–Trinajstić information content (AvgIpc) is 2.82. The fourth-order valence-corrected chi connectivity index (χ4v) is 1.11. The van der Waals surface area contributed by atoms with Crippen molar-refractivity contribution in [3.63, 3.8) is 0 Å². The van der Waals surface area contributed by atoms with E-state index in [9.17, 15) is 4.79 Å². The van der Waals surface area contributed by atoms with Crippen LogP contribution in [0.15, 0.2) is 12.1 Å². The summed E-state index contributed by atoms with van der Waals surface area (Å²) < 4.78 is 0. The summed E-state index contributed by atoms with van der Waals surface area (Å²) in [4.78, 5) is 10.7. The van der Waals surface area contributed by atoms with E-state index >= 15 is 0 Å². The highest BCUT2D eigenvalue weighted by atomic mass is 16.1. The van der Waals surface area contributed by atoms with E-state index in [4.69, 9.17) is 11.5 Å². The third-order valence-electron chi connectivity index (χ3n) is 2.09. The number of nitrogens with zero attached hydrogens (tertiary/aromatic N) is 2. The van der Waals surface area contributed by atoms with Crippen molar-refractivity contribution in [2.75, 3.05) is 5.32 Å². The Kier molecular flexibility index (Phi) is 2.05. The van der Waals surface area contributed by atoms with Crippen LogP contribution < -0.4 is 16.8 Å². The minimum Gasteiger partial charge on any atom is -0.364 e. The molecule has 1 amide bonds. The molecule has 1 aromatic rings. The van der Waals surface area contributed by atoms with Crippen molar-refractivity contribution in [3.8, 4) is 0 Å². The maximum atomic E-state index is 10.7. The molecular formula is C8H11N5O. The lowest BCUT2D eigenvalue weighted by atomic mass is 10.4. The Morgan fingerprint density at radius 1 is 1.50 bits per heavy atom. The predicted octanol–water partition coefficient (Wildman–Crippen LogP) is -0.913. The number of aromatic nitrogens is 2. The summed E-state index contributed by atoms with van der Waals surface area (Å²) in [6.45, 7) is 0. The number of hydrogen-bond acceptors (Lipinski definition) is 5. The SMILES string of the molecule is NC(=O)c1ccc(NC2CC2N)nn1. The van der Waals surface area contributed by atoms with Gasteiger partial charge >= 0.3 is 0 Å². The molecule has 6 nitrogen and oxygen atoms in total. The van der Waals surface area contributed by atoms with Crippen LogP contribution >= 0.6 is 0 Å². The maximum absolute atomic E-state index is 10.7. The molecule has 0 bridgehead atoms. The molecule has 1 heterocycles. The Hall–Kier alpha value is -1.69. The highest BCUT2D eigenvalue weighted by molar-refractivity contribution is 5.90. The Labute approximate surface area is 80.7 Å². The van der Waals surface area contributed by atoms with Crippen LogP contribution in [0.5, 0.6) is 0 Å². The molecule has 2 unspecified atom stereocenters. The van der Waals surface area contributed by atoms with Gasteiger partial charge in [0.2, 0.25) is 0 Å². The largest absolute Gasteiger partial charge is 0.364 e. The number of primary amides is 1. The van der Waals surface area contributed by atoms with Crippen LogP contribution in [0.25, 0.3) is 0 Å². The summed E-state index contributed by atoms with van der Waals surface area (Å²) in [6.07, 6.45) is 0.944. The smallest absolute Gasteiger partial charge is 0.269 e. The predicted molar refractivity (Wildman–Crippen MR) is 50.6 cm³/mol. The summed E-state index contributed by atoms with van der Waals surface area (Å²) in [6, 6.07) is 3.68. The lowest BCUT2D eigenvalue weighted by molar-refractivity contribution is 0.0994. The maximum Gasteiger partial charge on any atom is 0.269 e. The van der Waals surface area contributed by atoms with Gasteiger partial charge in [0, 0.05) is 12.1 Å². The molecule has 0 spiro atoms. The second kappa shape index (κ2) is 3.22. The first-order valence-corrected chi connectivity index (χ1v) is 4.32. The molecule has 1 aromatic heterocycles. The Morgan fingerprint density at radius 3 is 2.64 bits per heavy atom. The number of carbonyl (C=O) groups excluding carboxylic acids is 1. The van der Waals surface area contributed by atoms with Crippen LogP contribution in [0.2, 0.25) is 0 Å². The van der Waals surface area contributed by atoms with Crippen LogP contribution in [0.3, 0.4) is 0 Å². The first-order chi connectivity index (χ1) is 6.66. The molecule has 2 atom stereocenters. The number of nitrogens with one attached hydrogen (secondary N) is 1. The van der Waals surface area contributed by atoms with Gasteiger partial charge in [0.1, 0.15) is 5.82 Å². The molecule has 14 heavy (non-hydrogen) atoms. The molecule has 0 aromatic carbocycles. The van der Waals surface area contributed by atoms with Gasteiger partial charge in [-0.15, -0.1) is 10.2 Å². The summed E-state index contributed by atoms with van der Waals surface area (Å²) in [5, 5.41) is 10.5. The van der Waals surface area contributed by atoms with E-state index < -0.39 is 5.91 Å². The van der Waals surface area contributed by atoms with Crippen molar-refractivity contribution in [1.82, 2.24) is 10.2 Å². The van der Waals surface area contributed by atoms with Gasteiger partial charge in [0.05, 0.1) is 0 Å². The van der Waals surface area contributed by atoms with Crippen molar-refractivity contribution in [2.45, 2.75) is 18.5 Å². The van der Waals surface area contributed by atoms with Crippen LogP contribution in [-0.2, 0) is 0 Å². The minimum absolute atomic E-state index is 0.163. The van der Waals surface area contributed by atoms with Gasteiger partial charge in [-0.25, -0.2) is 0 Å². The topological polar surface area (TPSA) is 107 Å². The molecule has 74 valence electrons. The highest BCUT2D eigenvalue weighted by Gasteiger charge is 2.33. The quantitative estimate of drug-likeness (QED) is 0.576. The van der Waals surface area contributed by atoms with E-state index in [2.05, 4.69) is 15.5 Å². The molecule has 1 aliphatic rings. The average molecular weight is 193 g/mol. The van der Waals surface area contributed by atoms with Gasteiger partial charge in [-0.3, -0.25) is 4.79 Å². The Bertz CT molecular complexity index is 349. The van der Waals surface area contributed by atoms with Crippen LogP contribution in [0, 0.1) is 0 Å². The summed E-state index contributed by atoms with van der Waals surface area (Å²) in [5.74, 6) is 0.0418. The zero-order valence-electron chi connectivity index (χ0n) is 7.47. The molecule has 1 aliphatic carbocycles. The summed E-state index contributed by atoms with van der Waals surface area (Å²) >= 11 is 0. The third-order valence-corrected chi connectivity index (χ3v) is 2.09. The van der Waals surface area contributed by atoms with Crippen molar-refractivity contribution in [2.24, 2.45) is 11.5 Å². The van der Waals surface area contributed by atoms with Crippen LogP contribution in [0.1, 0.15) is 16.9 Å². The first kappa shape index (κ1) is 8.89. The van der Waals surface area contributed by atoms with Crippen molar-refractivity contribution >= 4 is 11.7 Å². The molecule has 2 rings (SSSR count). The monoisotopic (exact) mass is 193 g/mol. The normalized spacial score (nSPS) is 24.4. The summed E-state index contributed by atoms with van der Waals surface area (Å²) in [7, 11) is 0. The standard InChI is InChI=1S/C8H11N5O/c9-4-3-6(4)11-7-2-1-5(8(10)14)12-13-7/h1-2,4,6H,3,9H2,(H2,10,14)(H,11,13). The highest BCUT2D eigenvalue weighted by Crippen LogP contribution is 2.22. The minimum atomic E-state index is -0.577. The van der Waals surface area contributed by atoms with E-state index in [1.807, 2.05) is 0 Å². The van der Waals surface area contributed by atoms with Gasteiger partial charge in [-0.1, -0.05) is 0 Å². The number of amides is 1. The number of nitrogens with two attached hydrogens (primary N) is 2. The zero-order chi connectivity index (χ0) is 10.1. The van der Waals surface area contributed by atoms with Gasteiger partial charge in [0.25, 0.3) is 5.91 Å². The molecule has 5 N–H and O–H groups in total. The van der Waals surface area contributed by atoms with E-state index in [0.29, 0.717) is 5.82 Å². The third kappa shape index (κ3) is 1.80. The van der Waals surface area contributed by atoms with Crippen molar-refractivity contribution in [3.05, 3.63) is 17.8 Å². The fourth-order valence-electron chi connectivity index (χ4n) is 1.11. The lowest BCUT2D eigenvalue weighted by Crippen LogP contribution is -2.16. The molecular weight excluding hydrogens is 182 g/mol. The van der Waals surface area contributed by atoms with Gasteiger partial charge in [0.15, 0.2) is 5.69 Å². The Morgan fingerprint density at radius 2 is 2.21 bits per heavy atom. The molecule has 0 saturated heterocycles. The van der Waals surface area contributed by atoms with Gasteiger partial charge in [-0.05, 0) is 18.6 Å². The van der Waals surface area contributed by atoms with E-state index in [1.165, 1.54) is 6.07 Å². The first-order valence-electron chi connectivity index (χ1n) is 4.32. The number of hydrogen-bond donors (Lipinski definition) is 3. The van der Waals surface area contributed by atoms with Gasteiger partial charge in [-0.2, -0.15) is 0 Å². The number of anilines is 1. The fraction of sp³-hybridized carbons (Fsp3) is 0.375. The number of carbonyl (C=O) groups is 1. The molecule has 1 saturated carbocycles. The van der Waals surface area contributed by atoms with Crippen LogP contribution in [-0.4, -0.2) is 28.2 Å². The second-order valence-electron chi connectivity index (χ2n) is 3.32. The van der Waals surface area contributed by atoms with Crippen molar-refractivity contribution in [1.29, 1.82) is 0 Å². The van der Waals surface area contributed by atoms with E-state index in [1.54, 1.807) is 6.07 Å². The summed E-state index contributed by atoms with van der Waals surface area (Å²) in [5.41, 5.74) is 10.8. The number of rotatable bonds is 3. The van der Waals surface area contributed by atoms with Crippen molar-refractivity contribution < 1.29 is 4.79 Å². The zero-order valence-corrected chi connectivity index (χ0v) is 7.47. The van der Waals surface area contributed by atoms with Gasteiger partial charge < -0.3 is 16.8 Å². The second-order valence-corrected chi connectivity index (χ2v) is 3.32. The van der Waals surface area contributed by atoms with E-state index in [0.717, 1.165) is 6.42 Å². The molecule has 6 heteroatoms. The van der Waals surface area contributed by atoms with Crippen LogP contribution in [0.4, 0.5) is 5.82 Å². The molecule has 0 radical (unpaired) electrons. The molecule has 1 fully saturated rings. The lowest BCUT2D eigenvalue weighted by Gasteiger charge is -2.02. The molecule has 0 aliphatic heterocycles. The van der Waals surface area contributed by atoms with E-state index in [-0.39, 0.29) is 17.8 Å². The Balaban J connectivity index is 2.02.